The van der Waals surface area contributed by atoms with Crippen molar-refractivity contribution in [3.63, 3.8) is 0 Å². The van der Waals surface area contributed by atoms with Crippen molar-refractivity contribution in [2.75, 3.05) is 6.54 Å². The molecule has 0 saturated carbocycles. The lowest BCUT2D eigenvalue weighted by Crippen LogP contribution is -2.30. The molecule has 1 atom stereocenters. The van der Waals surface area contributed by atoms with Crippen molar-refractivity contribution >= 4 is 0 Å². The van der Waals surface area contributed by atoms with Gasteiger partial charge in [0.15, 0.2) is 0 Å². The molecule has 1 aromatic carbocycles. The highest BCUT2D eigenvalue weighted by Crippen LogP contribution is 2.22. The van der Waals surface area contributed by atoms with Crippen molar-refractivity contribution in [1.82, 2.24) is 5.32 Å². The Morgan fingerprint density at radius 2 is 1.67 bits per heavy atom. The van der Waals surface area contributed by atoms with Crippen molar-refractivity contribution in [2.45, 2.75) is 65.3 Å². The maximum Gasteiger partial charge on any atom is 0.0107 e. The zero-order chi connectivity index (χ0) is 13.6. The van der Waals surface area contributed by atoms with Crippen LogP contribution in [0.4, 0.5) is 0 Å². The highest BCUT2D eigenvalue weighted by Gasteiger charge is 2.13. The van der Waals surface area contributed by atoms with E-state index in [4.69, 9.17) is 0 Å². The summed E-state index contributed by atoms with van der Waals surface area (Å²) in [6, 6.07) is 9.77. The monoisotopic (exact) mass is 247 g/mol. The molecule has 0 amide bonds. The smallest absolute Gasteiger partial charge is 0.0107 e. The Balaban J connectivity index is 2.67. The van der Waals surface area contributed by atoms with E-state index in [1.165, 1.54) is 24.0 Å². The first-order chi connectivity index (χ1) is 8.47. The summed E-state index contributed by atoms with van der Waals surface area (Å²) < 4.78 is 0. The van der Waals surface area contributed by atoms with E-state index in [2.05, 4.69) is 64.2 Å². The van der Waals surface area contributed by atoms with Gasteiger partial charge in [0, 0.05) is 6.04 Å². The molecule has 0 fully saturated rings. The third-order valence-electron chi connectivity index (χ3n) is 3.43. The van der Waals surface area contributed by atoms with Crippen molar-refractivity contribution in [3.8, 4) is 0 Å². The van der Waals surface area contributed by atoms with Crippen molar-refractivity contribution in [1.29, 1.82) is 0 Å². The van der Waals surface area contributed by atoms with Crippen LogP contribution in [0.3, 0.4) is 0 Å². The summed E-state index contributed by atoms with van der Waals surface area (Å²) >= 11 is 0. The molecule has 0 spiro atoms. The Labute approximate surface area is 113 Å². The van der Waals surface area contributed by atoms with Crippen molar-refractivity contribution in [2.24, 2.45) is 0 Å². The van der Waals surface area contributed by atoms with Crippen LogP contribution in [0.25, 0.3) is 0 Å². The van der Waals surface area contributed by atoms with Crippen LogP contribution in [0, 0.1) is 0 Å². The van der Waals surface area contributed by atoms with Crippen molar-refractivity contribution < 1.29 is 0 Å². The first kappa shape index (κ1) is 15.2. The summed E-state index contributed by atoms with van der Waals surface area (Å²) in [6.45, 7) is 12.3. The predicted molar refractivity (Wildman–Crippen MR) is 81.2 cm³/mol. The summed E-state index contributed by atoms with van der Waals surface area (Å²) in [5, 5.41) is 3.58. The van der Waals surface area contributed by atoms with Gasteiger partial charge in [-0.3, -0.25) is 0 Å². The number of likely N-dealkylation sites (N-methyl/N-ethyl adjacent to an activating group) is 1. The van der Waals surface area contributed by atoms with Gasteiger partial charge in [-0.15, -0.1) is 0 Å². The molecule has 1 nitrogen and oxygen atoms in total. The van der Waals surface area contributed by atoms with Crippen molar-refractivity contribution in [3.05, 3.63) is 35.4 Å². The zero-order valence-electron chi connectivity index (χ0n) is 12.7. The second-order valence-corrected chi connectivity index (χ2v) is 6.19. The molecule has 18 heavy (non-hydrogen) atoms. The van der Waals surface area contributed by atoms with Gasteiger partial charge in [0.1, 0.15) is 0 Å². The van der Waals surface area contributed by atoms with Gasteiger partial charge in [0.2, 0.25) is 0 Å². The van der Waals surface area contributed by atoms with Crippen LogP contribution in [0.2, 0.25) is 0 Å². The Hall–Kier alpha value is -0.820. The second kappa shape index (κ2) is 6.94. The highest BCUT2D eigenvalue weighted by atomic mass is 14.9. The lowest BCUT2D eigenvalue weighted by atomic mass is 9.86. The van der Waals surface area contributed by atoms with Gasteiger partial charge in [0.05, 0.1) is 0 Å². The molecule has 1 heteroatoms. The third kappa shape index (κ3) is 4.81. The molecule has 102 valence electrons. The quantitative estimate of drug-likeness (QED) is 0.790. The number of benzene rings is 1. The molecule has 0 heterocycles. The highest BCUT2D eigenvalue weighted by molar-refractivity contribution is 5.28. The van der Waals surface area contributed by atoms with Gasteiger partial charge < -0.3 is 5.32 Å². The van der Waals surface area contributed by atoms with E-state index in [0.717, 1.165) is 13.0 Å². The SMILES string of the molecule is CCCC(Cc1ccc(C(C)(C)C)cc1)NCC. The van der Waals surface area contributed by atoms with Gasteiger partial charge in [-0.25, -0.2) is 0 Å². The van der Waals surface area contributed by atoms with Crippen LogP contribution in [-0.2, 0) is 11.8 Å². The molecule has 1 N–H and O–H groups in total. The summed E-state index contributed by atoms with van der Waals surface area (Å²) in [7, 11) is 0. The Bertz CT molecular complexity index is 326. The van der Waals surface area contributed by atoms with Gasteiger partial charge in [0.25, 0.3) is 0 Å². The molecule has 1 rings (SSSR count). The summed E-state index contributed by atoms with van der Waals surface area (Å²) in [5.41, 5.74) is 3.12. The molecule has 0 radical (unpaired) electrons. The van der Waals surface area contributed by atoms with E-state index in [1.807, 2.05) is 0 Å². The second-order valence-electron chi connectivity index (χ2n) is 6.19. The Morgan fingerprint density at radius 1 is 1.06 bits per heavy atom. The fraction of sp³-hybridized carbons (Fsp3) is 0.647. The Morgan fingerprint density at radius 3 is 2.11 bits per heavy atom. The fourth-order valence-corrected chi connectivity index (χ4v) is 2.34. The first-order valence-corrected chi connectivity index (χ1v) is 7.30. The van der Waals surface area contributed by atoms with Crippen LogP contribution < -0.4 is 5.32 Å². The number of hydrogen-bond acceptors (Lipinski definition) is 1. The molecular formula is C17H29N. The van der Waals surface area contributed by atoms with Crippen LogP contribution in [-0.4, -0.2) is 12.6 Å². The molecule has 0 aliphatic carbocycles. The standard InChI is InChI=1S/C17H29N/c1-6-8-16(18-7-2)13-14-9-11-15(12-10-14)17(3,4)5/h9-12,16,18H,6-8,13H2,1-5H3. The molecule has 0 aliphatic rings. The summed E-state index contributed by atoms with van der Waals surface area (Å²) in [6.07, 6.45) is 3.65. The summed E-state index contributed by atoms with van der Waals surface area (Å²) in [5.74, 6) is 0. The lowest BCUT2D eigenvalue weighted by Gasteiger charge is -2.20. The molecule has 0 bridgehead atoms. The largest absolute Gasteiger partial charge is 0.314 e. The lowest BCUT2D eigenvalue weighted by molar-refractivity contribution is 0.485. The fourth-order valence-electron chi connectivity index (χ4n) is 2.34. The van der Waals surface area contributed by atoms with Gasteiger partial charge in [-0.1, -0.05) is 65.3 Å². The van der Waals surface area contributed by atoms with Gasteiger partial charge >= 0.3 is 0 Å². The molecule has 0 aromatic heterocycles. The van der Waals surface area contributed by atoms with Crippen LogP contribution in [0.5, 0.6) is 0 Å². The molecule has 0 saturated heterocycles. The molecule has 1 unspecified atom stereocenters. The normalized spacial score (nSPS) is 13.6. The maximum atomic E-state index is 3.58. The van der Waals surface area contributed by atoms with E-state index in [9.17, 15) is 0 Å². The van der Waals surface area contributed by atoms with E-state index >= 15 is 0 Å². The van der Waals surface area contributed by atoms with Gasteiger partial charge in [-0.2, -0.15) is 0 Å². The third-order valence-corrected chi connectivity index (χ3v) is 3.43. The number of hydrogen-bond donors (Lipinski definition) is 1. The van der Waals surface area contributed by atoms with Crippen LogP contribution >= 0.6 is 0 Å². The topological polar surface area (TPSA) is 12.0 Å². The number of nitrogens with one attached hydrogen (secondary N) is 1. The van der Waals surface area contributed by atoms with E-state index < -0.39 is 0 Å². The molecular weight excluding hydrogens is 218 g/mol. The first-order valence-electron chi connectivity index (χ1n) is 7.30. The minimum absolute atomic E-state index is 0.253. The number of rotatable bonds is 6. The average Bonchev–Trinajstić information content (AvgIpc) is 2.29. The summed E-state index contributed by atoms with van der Waals surface area (Å²) in [4.78, 5) is 0. The van der Waals surface area contributed by atoms with E-state index in [0.29, 0.717) is 6.04 Å². The van der Waals surface area contributed by atoms with Crippen LogP contribution in [0.15, 0.2) is 24.3 Å². The van der Waals surface area contributed by atoms with Crippen LogP contribution in [0.1, 0.15) is 58.6 Å². The maximum absolute atomic E-state index is 3.58. The van der Waals surface area contributed by atoms with Gasteiger partial charge in [-0.05, 0) is 35.9 Å². The minimum atomic E-state index is 0.253. The van der Waals surface area contributed by atoms with E-state index in [-0.39, 0.29) is 5.41 Å². The Kier molecular flexibility index (Phi) is 5.87. The zero-order valence-corrected chi connectivity index (χ0v) is 12.7. The van der Waals surface area contributed by atoms with E-state index in [1.54, 1.807) is 0 Å². The molecule has 1 aromatic rings. The predicted octanol–water partition coefficient (Wildman–Crippen LogP) is 4.30. The average molecular weight is 247 g/mol. The molecule has 0 aliphatic heterocycles. The minimum Gasteiger partial charge on any atom is -0.314 e.